The molecule has 0 aliphatic heterocycles. The predicted octanol–water partition coefficient (Wildman–Crippen LogP) is 7.62. The number of nitrogens with zero attached hydrogens (tertiary/aromatic N) is 5. The third-order valence-electron chi connectivity index (χ3n) is 6.95. The molecule has 2 amide bonds. The van der Waals surface area contributed by atoms with E-state index in [0.29, 0.717) is 22.0 Å². The first kappa shape index (κ1) is 30.5. The van der Waals surface area contributed by atoms with Gasteiger partial charge < -0.3 is 10.1 Å². The first-order chi connectivity index (χ1) is 21.0. The quantitative estimate of drug-likeness (QED) is 0.203. The van der Waals surface area contributed by atoms with Crippen molar-refractivity contribution in [1.82, 2.24) is 24.6 Å². The van der Waals surface area contributed by atoms with Gasteiger partial charge in [0, 0.05) is 22.3 Å². The Morgan fingerprint density at radius 2 is 1.73 bits per heavy atom. The van der Waals surface area contributed by atoms with Gasteiger partial charge in [0.15, 0.2) is 10.6 Å². The molecule has 0 fully saturated rings. The van der Waals surface area contributed by atoms with E-state index in [4.69, 9.17) is 0 Å². The maximum Gasteiger partial charge on any atom is 0.573 e. The van der Waals surface area contributed by atoms with Crippen LogP contribution in [0.2, 0.25) is 0 Å². The summed E-state index contributed by atoms with van der Waals surface area (Å²) >= 11 is 1.41. The molecule has 2 aromatic heterocycles. The van der Waals surface area contributed by atoms with Crippen LogP contribution in [0, 0.1) is 6.92 Å². The molecule has 0 atom stereocenters. The fourth-order valence-electron chi connectivity index (χ4n) is 4.57. The number of hydrogen-bond donors (Lipinski definition) is 1. The summed E-state index contributed by atoms with van der Waals surface area (Å²) in [4.78, 5) is 22.2. The molecule has 8 nitrogen and oxygen atoms in total. The number of nitrogens with one attached hydrogen (secondary N) is 1. The Bertz CT molecular complexity index is 1880. The lowest BCUT2D eigenvalue weighted by Gasteiger charge is -2.11. The fourth-order valence-corrected chi connectivity index (χ4v) is 5.43. The summed E-state index contributed by atoms with van der Waals surface area (Å²) < 4.78 is 44.7. The second-order valence-corrected chi connectivity index (χ2v) is 10.7. The fraction of sp³-hybridized carbons (Fsp3) is 0.188. The summed E-state index contributed by atoms with van der Waals surface area (Å²) in [6, 6.07) is 20.5. The van der Waals surface area contributed by atoms with Crippen molar-refractivity contribution in [2.75, 3.05) is 0 Å². The van der Waals surface area contributed by atoms with Gasteiger partial charge in [-0.15, -0.1) is 29.6 Å². The minimum Gasteiger partial charge on any atom is -0.406 e. The largest absolute Gasteiger partial charge is 0.573 e. The Labute approximate surface area is 255 Å². The first-order valence-corrected chi connectivity index (χ1v) is 14.6. The van der Waals surface area contributed by atoms with Crippen LogP contribution in [0.4, 0.5) is 18.0 Å². The van der Waals surface area contributed by atoms with Gasteiger partial charge in [-0.25, -0.2) is 14.5 Å². The Morgan fingerprint density at radius 3 is 2.41 bits per heavy atom. The zero-order valence-electron chi connectivity index (χ0n) is 24.4. The third kappa shape index (κ3) is 6.97. The van der Waals surface area contributed by atoms with Crippen molar-refractivity contribution >= 4 is 22.9 Å². The topological polar surface area (TPSA) is 86.3 Å². The Kier molecular flexibility index (Phi) is 8.81. The number of amides is 2. The molecule has 3 aromatic carbocycles. The molecule has 0 spiro atoms. The average Bonchev–Trinajstić information content (AvgIpc) is 3.63. The number of aryl methyl sites for hydroxylation is 2. The third-order valence-corrected chi connectivity index (χ3v) is 7.89. The number of rotatable bonds is 7. The Hall–Kier alpha value is -4.97. The molecule has 0 saturated heterocycles. The molecule has 0 unspecified atom stereocenters. The number of halogens is 3. The monoisotopic (exact) mass is 618 g/mol. The summed E-state index contributed by atoms with van der Waals surface area (Å²) in [6.45, 7) is 7.83. The van der Waals surface area contributed by atoms with Gasteiger partial charge in [-0.3, -0.25) is 4.57 Å². The second kappa shape index (κ2) is 12.7. The molecule has 1 N–H and O–H groups in total. The predicted molar refractivity (Wildman–Crippen MR) is 164 cm³/mol. The van der Waals surface area contributed by atoms with Gasteiger partial charge in [-0.1, -0.05) is 49.4 Å². The van der Waals surface area contributed by atoms with Crippen LogP contribution in [0.25, 0.3) is 28.3 Å². The highest BCUT2D eigenvalue weighted by Crippen LogP contribution is 2.25. The number of ether oxygens (including phenoxy) is 1. The van der Waals surface area contributed by atoms with Gasteiger partial charge in [-0.2, -0.15) is 4.99 Å². The summed E-state index contributed by atoms with van der Waals surface area (Å²) in [6.07, 6.45) is -2.41. The van der Waals surface area contributed by atoms with Crippen LogP contribution in [0.1, 0.15) is 37.6 Å². The minimum atomic E-state index is -4.75. The molecular weight excluding hydrogens is 589 g/mol. The van der Waals surface area contributed by atoms with E-state index in [1.807, 2.05) is 73.2 Å². The molecule has 5 aromatic rings. The summed E-state index contributed by atoms with van der Waals surface area (Å²) in [5.74, 6) is 0.130. The lowest BCUT2D eigenvalue weighted by Crippen LogP contribution is -2.24. The lowest BCUT2D eigenvalue weighted by atomic mass is 10.0. The molecule has 0 radical (unpaired) electrons. The van der Waals surface area contributed by atoms with Crippen LogP contribution in [-0.4, -0.2) is 31.7 Å². The Morgan fingerprint density at radius 1 is 1.02 bits per heavy atom. The van der Waals surface area contributed by atoms with Crippen LogP contribution in [0.15, 0.2) is 95.2 Å². The van der Waals surface area contributed by atoms with Crippen LogP contribution in [0.5, 0.6) is 5.75 Å². The molecule has 0 saturated carbocycles. The van der Waals surface area contributed by atoms with Crippen molar-refractivity contribution in [1.29, 1.82) is 0 Å². The van der Waals surface area contributed by atoms with Gasteiger partial charge in [0.2, 0.25) is 0 Å². The highest BCUT2D eigenvalue weighted by Gasteiger charge is 2.31. The van der Waals surface area contributed by atoms with Crippen molar-refractivity contribution < 1.29 is 22.7 Å². The van der Waals surface area contributed by atoms with Crippen molar-refractivity contribution in [3.63, 3.8) is 0 Å². The number of carbonyl (C=O) groups excluding carboxylic acids is 1. The molecule has 0 aliphatic carbocycles. The summed E-state index contributed by atoms with van der Waals surface area (Å²) in [5.41, 5.74) is 6.89. The van der Waals surface area contributed by atoms with Gasteiger partial charge in [-0.05, 0) is 74.2 Å². The van der Waals surface area contributed by atoms with Crippen molar-refractivity contribution in [2.24, 2.45) is 4.99 Å². The normalized spacial score (nSPS) is 12.7. The molecule has 0 aliphatic rings. The zero-order chi connectivity index (χ0) is 31.4. The number of urea groups is 1. The van der Waals surface area contributed by atoms with E-state index in [9.17, 15) is 18.0 Å². The molecule has 44 heavy (non-hydrogen) atoms. The van der Waals surface area contributed by atoms with Crippen LogP contribution in [-0.2, 0) is 6.42 Å². The highest BCUT2D eigenvalue weighted by atomic mass is 32.1. The number of aromatic nitrogens is 4. The minimum absolute atomic E-state index is 0.316. The van der Waals surface area contributed by atoms with Gasteiger partial charge in [0.1, 0.15) is 12.1 Å². The van der Waals surface area contributed by atoms with E-state index in [1.165, 1.54) is 52.2 Å². The second-order valence-electron chi connectivity index (χ2n) is 9.90. The Balaban J connectivity index is 1.30. The van der Waals surface area contributed by atoms with E-state index in [1.54, 1.807) is 0 Å². The van der Waals surface area contributed by atoms with Crippen LogP contribution in [0.3, 0.4) is 0 Å². The lowest BCUT2D eigenvalue weighted by molar-refractivity contribution is -0.274. The summed E-state index contributed by atoms with van der Waals surface area (Å²) in [5, 5.41) is 9.32. The van der Waals surface area contributed by atoms with E-state index in [2.05, 4.69) is 38.1 Å². The van der Waals surface area contributed by atoms with Gasteiger partial charge >= 0.3 is 12.4 Å². The van der Waals surface area contributed by atoms with Crippen molar-refractivity contribution in [3.05, 3.63) is 112 Å². The maximum absolute atomic E-state index is 12.9. The molecule has 5 rings (SSSR count). The number of hydrogen-bond acceptors (Lipinski definition) is 5. The van der Waals surface area contributed by atoms with Gasteiger partial charge in [0.25, 0.3) is 0 Å². The molecule has 226 valence electrons. The van der Waals surface area contributed by atoms with Crippen LogP contribution < -0.4 is 14.9 Å². The average molecular weight is 619 g/mol. The van der Waals surface area contributed by atoms with Gasteiger partial charge in [0.05, 0.1) is 11.4 Å². The molecule has 12 heteroatoms. The number of allylic oxidation sites excluding steroid dienone is 2. The SMILES string of the molecule is CCc1ccccc1-n1c(C)csc1=NC(=O)N/C(C)=C(\C)c1ccc(-c2ncn(-c3ccc(OC(F)(F)F)cc3)n2)cc1. The zero-order valence-corrected chi connectivity index (χ0v) is 25.2. The summed E-state index contributed by atoms with van der Waals surface area (Å²) in [7, 11) is 0. The number of alkyl halides is 3. The van der Waals surface area contributed by atoms with E-state index < -0.39 is 12.4 Å². The number of carbonyl (C=O) groups is 1. The standard InChI is InChI=1S/C32H29F3N6O2S/c1-5-23-8-6-7-9-28(23)41-20(2)18-44-31(41)38-30(42)37-22(4)21(3)24-10-12-25(13-11-24)29-36-19-40(39-29)26-14-16-27(17-15-26)43-32(33,34)35/h6-19H,5H2,1-4H3,(H,37,42)/b22-21+,38-31?. The first-order valence-electron chi connectivity index (χ1n) is 13.7. The highest BCUT2D eigenvalue weighted by molar-refractivity contribution is 7.07. The maximum atomic E-state index is 12.9. The van der Waals surface area contributed by atoms with E-state index >= 15 is 0 Å². The van der Waals surface area contributed by atoms with E-state index in [0.717, 1.165) is 34.5 Å². The van der Waals surface area contributed by atoms with Crippen LogP contribution >= 0.6 is 11.3 Å². The van der Waals surface area contributed by atoms with Crippen molar-refractivity contribution in [2.45, 2.75) is 40.5 Å². The molecule has 2 heterocycles. The number of para-hydroxylation sites is 1. The number of benzene rings is 3. The smallest absolute Gasteiger partial charge is 0.406 e. The van der Waals surface area contributed by atoms with Crippen molar-refractivity contribution in [3.8, 4) is 28.5 Å². The van der Waals surface area contributed by atoms with E-state index in [-0.39, 0.29) is 5.75 Å². The molecule has 0 bridgehead atoms. The number of thiazole rings is 1. The molecular formula is C32H29F3N6O2S.